The van der Waals surface area contributed by atoms with Crippen LogP contribution < -0.4 is 5.73 Å². The summed E-state index contributed by atoms with van der Waals surface area (Å²) < 4.78 is 39.9. The van der Waals surface area contributed by atoms with Crippen molar-refractivity contribution < 1.29 is 23.1 Å². The van der Waals surface area contributed by atoms with Crippen molar-refractivity contribution in [1.82, 2.24) is 15.0 Å². The minimum Gasteiger partial charge on any atom is -0.478 e. The Labute approximate surface area is 193 Å². The van der Waals surface area contributed by atoms with Crippen molar-refractivity contribution in [2.45, 2.75) is 19.0 Å². The number of carbonyl (C=O) groups is 1. The molecule has 0 spiro atoms. The third kappa shape index (κ3) is 5.15. The van der Waals surface area contributed by atoms with Crippen LogP contribution in [-0.4, -0.2) is 32.6 Å². The number of nitrogens with zero attached hydrogens (tertiary/aromatic N) is 3. The van der Waals surface area contributed by atoms with Gasteiger partial charge in [-0.3, -0.25) is 0 Å². The van der Waals surface area contributed by atoms with Crippen LogP contribution in [0, 0.1) is 0 Å². The number of carboxylic acids is 1. The van der Waals surface area contributed by atoms with Crippen LogP contribution in [0.1, 0.15) is 27.9 Å². The predicted molar refractivity (Wildman–Crippen MR) is 122 cm³/mol. The van der Waals surface area contributed by atoms with Gasteiger partial charge in [-0.1, -0.05) is 41.6 Å². The smallest absolute Gasteiger partial charge is 0.416 e. The van der Waals surface area contributed by atoms with Crippen LogP contribution in [0.3, 0.4) is 0 Å². The molecule has 0 aliphatic heterocycles. The third-order valence-corrected chi connectivity index (χ3v) is 5.39. The van der Waals surface area contributed by atoms with Crippen LogP contribution in [0.25, 0.3) is 28.1 Å². The first-order chi connectivity index (χ1) is 16.2. The summed E-state index contributed by atoms with van der Waals surface area (Å²) in [6.07, 6.45) is -1.13. The zero-order chi connectivity index (χ0) is 24.3. The van der Waals surface area contributed by atoms with E-state index in [2.05, 4.69) is 10.3 Å². The molecule has 0 aliphatic rings. The molecule has 0 unspecified atom stereocenters. The van der Waals surface area contributed by atoms with Crippen LogP contribution in [-0.2, 0) is 12.6 Å². The quantitative estimate of drug-likeness (QED) is 0.390. The zero-order valence-corrected chi connectivity index (χ0v) is 18.0. The number of carboxylic acid groups (broad SMARTS) is 1. The fourth-order valence-electron chi connectivity index (χ4n) is 3.56. The molecule has 1 heterocycles. The average Bonchev–Trinajstić information content (AvgIpc) is 3.33. The molecule has 0 atom stereocenters. The Hall–Kier alpha value is -3.98. The maximum absolute atomic E-state index is 12.8. The lowest BCUT2D eigenvalue weighted by Crippen LogP contribution is -2.03. The van der Waals surface area contributed by atoms with Gasteiger partial charge in [-0.05, 0) is 66.4 Å². The summed E-state index contributed by atoms with van der Waals surface area (Å²) in [5.41, 5.74) is 8.84. The van der Waals surface area contributed by atoms with E-state index < -0.39 is 17.7 Å². The summed E-state index contributed by atoms with van der Waals surface area (Å²) >= 11 is 0. The lowest BCUT2D eigenvalue weighted by molar-refractivity contribution is -0.137. The van der Waals surface area contributed by atoms with Gasteiger partial charge in [0.15, 0.2) is 0 Å². The number of nitrogens with two attached hydrogens (primary N) is 1. The molecule has 0 saturated heterocycles. The molecule has 6 nitrogen and oxygen atoms in total. The Morgan fingerprint density at radius 3 is 2.24 bits per heavy atom. The first-order valence-corrected chi connectivity index (χ1v) is 10.5. The molecule has 9 heteroatoms. The van der Waals surface area contributed by atoms with Gasteiger partial charge in [0.1, 0.15) is 5.69 Å². The maximum atomic E-state index is 12.8. The molecule has 0 aliphatic carbocycles. The molecule has 0 bridgehead atoms. The van der Waals surface area contributed by atoms with Crippen molar-refractivity contribution >= 4 is 5.97 Å². The van der Waals surface area contributed by atoms with Gasteiger partial charge < -0.3 is 10.8 Å². The molecule has 174 valence electrons. The number of aromatic carboxylic acids is 1. The topological polar surface area (TPSA) is 94.0 Å². The van der Waals surface area contributed by atoms with E-state index in [0.29, 0.717) is 29.1 Å². The van der Waals surface area contributed by atoms with E-state index in [1.54, 1.807) is 18.3 Å². The summed E-state index contributed by atoms with van der Waals surface area (Å²) in [6.45, 7) is 0.609. The molecular formula is C25H21F3N4O2. The first-order valence-electron chi connectivity index (χ1n) is 10.5. The van der Waals surface area contributed by atoms with Crippen molar-refractivity contribution in [2.24, 2.45) is 5.73 Å². The number of aromatic nitrogens is 3. The Balaban J connectivity index is 1.66. The Morgan fingerprint density at radius 2 is 1.62 bits per heavy atom. The van der Waals surface area contributed by atoms with Gasteiger partial charge in [0.25, 0.3) is 0 Å². The van der Waals surface area contributed by atoms with Gasteiger partial charge in [0.05, 0.1) is 23.0 Å². The van der Waals surface area contributed by atoms with E-state index in [-0.39, 0.29) is 5.56 Å². The van der Waals surface area contributed by atoms with Gasteiger partial charge >= 0.3 is 12.1 Å². The van der Waals surface area contributed by atoms with Crippen molar-refractivity contribution in [2.75, 3.05) is 6.54 Å². The highest BCUT2D eigenvalue weighted by molar-refractivity contribution is 5.90. The van der Waals surface area contributed by atoms with Crippen LogP contribution >= 0.6 is 0 Å². The van der Waals surface area contributed by atoms with E-state index in [1.165, 1.54) is 22.9 Å². The molecule has 4 aromatic rings. The van der Waals surface area contributed by atoms with Crippen molar-refractivity contribution in [1.29, 1.82) is 0 Å². The normalized spacial score (nSPS) is 11.5. The molecule has 0 fully saturated rings. The standard InChI is InChI=1S/C25H21F3N4O2/c26-25(27,28)21-9-7-18(8-10-21)23-15-32(31-30-23)22-13-19(12-20(14-22)24(33)34)17-5-3-16(4-6-17)2-1-11-29/h3-10,12-15H,1-2,11,29H2,(H,33,34). The molecule has 0 radical (unpaired) electrons. The third-order valence-electron chi connectivity index (χ3n) is 5.39. The second-order valence-corrected chi connectivity index (χ2v) is 7.79. The van der Waals surface area contributed by atoms with Crippen LogP contribution in [0.15, 0.2) is 72.9 Å². The minimum absolute atomic E-state index is 0.0753. The number of benzene rings is 3. The summed E-state index contributed by atoms with van der Waals surface area (Å²) in [5, 5.41) is 17.7. The van der Waals surface area contributed by atoms with Crippen LogP contribution in [0.2, 0.25) is 0 Å². The summed E-state index contributed by atoms with van der Waals surface area (Å²) in [5.74, 6) is -1.09. The van der Waals surface area contributed by atoms with Crippen LogP contribution in [0.5, 0.6) is 0 Å². The molecule has 34 heavy (non-hydrogen) atoms. The van der Waals surface area contributed by atoms with E-state index in [9.17, 15) is 23.1 Å². The molecule has 1 aromatic heterocycles. The van der Waals surface area contributed by atoms with Gasteiger partial charge in [-0.2, -0.15) is 13.2 Å². The Morgan fingerprint density at radius 1 is 0.941 bits per heavy atom. The molecule has 0 amide bonds. The van der Waals surface area contributed by atoms with Crippen molar-refractivity contribution in [3.05, 3.63) is 89.6 Å². The van der Waals surface area contributed by atoms with Gasteiger partial charge in [-0.15, -0.1) is 5.10 Å². The Bertz CT molecular complexity index is 1300. The zero-order valence-electron chi connectivity index (χ0n) is 18.0. The minimum atomic E-state index is -4.42. The molecule has 3 N–H and O–H groups in total. The van der Waals surface area contributed by atoms with E-state index in [0.717, 1.165) is 36.1 Å². The largest absolute Gasteiger partial charge is 0.478 e. The highest BCUT2D eigenvalue weighted by Gasteiger charge is 2.30. The highest BCUT2D eigenvalue weighted by atomic mass is 19.4. The summed E-state index contributed by atoms with van der Waals surface area (Å²) in [6, 6.07) is 17.2. The lowest BCUT2D eigenvalue weighted by Gasteiger charge is -2.09. The first kappa shape index (κ1) is 23.2. The summed E-state index contributed by atoms with van der Waals surface area (Å²) in [4.78, 5) is 11.7. The predicted octanol–water partition coefficient (Wildman–Crippen LogP) is 5.21. The fourth-order valence-corrected chi connectivity index (χ4v) is 3.56. The van der Waals surface area contributed by atoms with Crippen molar-refractivity contribution in [3.8, 4) is 28.1 Å². The average molecular weight is 466 g/mol. The van der Waals surface area contributed by atoms with Gasteiger partial charge in [0, 0.05) is 5.56 Å². The second-order valence-electron chi connectivity index (χ2n) is 7.79. The molecule has 0 saturated carbocycles. The number of halogens is 3. The van der Waals surface area contributed by atoms with Gasteiger partial charge in [0.2, 0.25) is 0 Å². The second kappa shape index (κ2) is 9.48. The van der Waals surface area contributed by atoms with E-state index in [4.69, 9.17) is 5.73 Å². The molecule has 3 aromatic carbocycles. The number of rotatable bonds is 7. The summed E-state index contributed by atoms with van der Waals surface area (Å²) in [7, 11) is 0. The number of aryl methyl sites for hydroxylation is 1. The monoisotopic (exact) mass is 466 g/mol. The van der Waals surface area contributed by atoms with E-state index >= 15 is 0 Å². The fraction of sp³-hybridized carbons (Fsp3) is 0.160. The van der Waals surface area contributed by atoms with Crippen LogP contribution in [0.4, 0.5) is 13.2 Å². The highest BCUT2D eigenvalue weighted by Crippen LogP contribution is 2.31. The number of hydrogen-bond donors (Lipinski definition) is 2. The SMILES string of the molecule is NCCCc1ccc(-c2cc(C(=O)O)cc(-n3cc(-c4ccc(C(F)(F)F)cc4)nn3)c2)cc1. The van der Waals surface area contributed by atoms with Crippen molar-refractivity contribution in [3.63, 3.8) is 0 Å². The van der Waals surface area contributed by atoms with Gasteiger partial charge in [-0.25, -0.2) is 9.48 Å². The maximum Gasteiger partial charge on any atom is 0.416 e. The lowest BCUT2D eigenvalue weighted by atomic mass is 9.99. The van der Waals surface area contributed by atoms with E-state index in [1.807, 2.05) is 24.3 Å². The Kier molecular flexibility index (Phi) is 6.47. The number of alkyl halides is 3. The molecule has 4 rings (SSSR count). The number of hydrogen-bond acceptors (Lipinski definition) is 4. The molecular weight excluding hydrogens is 445 g/mol.